The highest BCUT2D eigenvalue weighted by Crippen LogP contribution is 2.30. The monoisotopic (exact) mass is 466 g/mol. The zero-order valence-electron chi connectivity index (χ0n) is 15.2. The molecule has 29 heavy (non-hydrogen) atoms. The molecule has 3 aromatic heterocycles. The largest absolute Gasteiger partial charge is 0.375 e. The Bertz CT molecular complexity index is 1200. The van der Waals surface area contributed by atoms with Crippen molar-refractivity contribution in [2.45, 2.75) is 13.0 Å². The Kier molecular flexibility index (Phi) is 4.83. The van der Waals surface area contributed by atoms with E-state index in [2.05, 4.69) is 31.2 Å². The molecule has 0 saturated heterocycles. The summed E-state index contributed by atoms with van der Waals surface area (Å²) in [5.74, 6) is -0.210. The number of fused-ring (bicyclic) bond motifs is 2. The molecule has 0 unspecified atom stereocenters. The predicted molar refractivity (Wildman–Crippen MR) is 116 cm³/mol. The standard InChI is InChI=1S/C21H15BrN4O2S/c22-13-1-2-16-14(9-13)15(10-18(24-16)12-3-6-23-7-4-12)20(27)26-21-25-17-5-8-28-11-19(17)29-21/h1-4,6-7,9-10H,5,8,11H2,(H,25,26,27). The van der Waals surface area contributed by atoms with Gasteiger partial charge in [-0.1, -0.05) is 27.3 Å². The molecule has 1 aromatic carbocycles. The van der Waals surface area contributed by atoms with E-state index in [0.717, 1.165) is 43.6 Å². The van der Waals surface area contributed by atoms with Crippen LogP contribution < -0.4 is 5.32 Å². The number of aromatic nitrogens is 3. The van der Waals surface area contributed by atoms with Gasteiger partial charge in [0, 0.05) is 34.2 Å². The van der Waals surface area contributed by atoms with Gasteiger partial charge in [0.2, 0.25) is 0 Å². The number of carbonyl (C=O) groups is 1. The quantitative estimate of drug-likeness (QED) is 0.467. The number of nitrogens with zero attached hydrogens (tertiary/aromatic N) is 3. The van der Waals surface area contributed by atoms with Crippen LogP contribution in [0.25, 0.3) is 22.2 Å². The zero-order valence-corrected chi connectivity index (χ0v) is 17.6. The van der Waals surface area contributed by atoms with Gasteiger partial charge in [0.05, 0.1) is 40.6 Å². The SMILES string of the molecule is O=C(Nc1nc2c(s1)COCC2)c1cc(-c2ccncc2)nc2ccc(Br)cc12. The third kappa shape index (κ3) is 3.66. The van der Waals surface area contributed by atoms with Gasteiger partial charge in [0.1, 0.15) is 0 Å². The van der Waals surface area contributed by atoms with Crippen molar-refractivity contribution in [2.24, 2.45) is 0 Å². The molecule has 1 N–H and O–H groups in total. The van der Waals surface area contributed by atoms with Crippen molar-refractivity contribution in [3.8, 4) is 11.3 Å². The lowest BCUT2D eigenvalue weighted by Gasteiger charge is -2.10. The summed E-state index contributed by atoms with van der Waals surface area (Å²) in [6, 6.07) is 11.3. The van der Waals surface area contributed by atoms with E-state index in [1.165, 1.54) is 11.3 Å². The van der Waals surface area contributed by atoms with Crippen LogP contribution in [0, 0.1) is 0 Å². The average molecular weight is 467 g/mol. The molecule has 4 aromatic rings. The molecule has 144 valence electrons. The number of hydrogen-bond donors (Lipinski definition) is 1. The highest BCUT2D eigenvalue weighted by molar-refractivity contribution is 9.10. The Morgan fingerprint density at radius 2 is 2.00 bits per heavy atom. The summed E-state index contributed by atoms with van der Waals surface area (Å²) in [4.78, 5) is 27.6. The van der Waals surface area contributed by atoms with Crippen molar-refractivity contribution >= 4 is 49.2 Å². The second-order valence-electron chi connectivity index (χ2n) is 6.60. The van der Waals surface area contributed by atoms with E-state index < -0.39 is 0 Å². The first-order valence-electron chi connectivity index (χ1n) is 9.06. The van der Waals surface area contributed by atoms with Gasteiger partial charge in [0.15, 0.2) is 5.13 Å². The van der Waals surface area contributed by atoms with Crippen LogP contribution in [0.1, 0.15) is 20.9 Å². The van der Waals surface area contributed by atoms with Crippen LogP contribution in [0.2, 0.25) is 0 Å². The van der Waals surface area contributed by atoms with Crippen LogP contribution in [0.3, 0.4) is 0 Å². The zero-order chi connectivity index (χ0) is 19.8. The number of anilines is 1. The third-order valence-electron chi connectivity index (χ3n) is 4.71. The van der Waals surface area contributed by atoms with Crippen molar-refractivity contribution in [3.63, 3.8) is 0 Å². The smallest absolute Gasteiger partial charge is 0.258 e. The van der Waals surface area contributed by atoms with Crippen molar-refractivity contribution < 1.29 is 9.53 Å². The van der Waals surface area contributed by atoms with Gasteiger partial charge in [-0.05, 0) is 36.4 Å². The Morgan fingerprint density at radius 3 is 2.83 bits per heavy atom. The summed E-state index contributed by atoms with van der Waals surface area (Å²) in [6.45, 7) is 1.22. The number of benzene rings is 1. The number of halogens is 1. The van der Waals surface area contributed by atoms with Gasteiger partial charge in [-0.2, -0.15) is 0 Å². The van der Waals surface area contributed by atoms with Crippen molar-refractivity contribution in [1.29, 1.82) is 0 Å². The fourth-order valence-corrected chi connectivity index (χ4v) is 4.60. The van der Waals surface area contributed by atoms with Crippen LogP contribution >= 0.6 is 27.3 Å². The number of carbonyl (C=O) groups excluding carboxylic acids is 1. The van der Waals surface area contributed by atoms with Gasteiger partial charge < -0.3 is 4.74 Å². The van der Waals surface area contributed by atoms with Crippen LogP contribution in [0.5, 0.6) is 0 Å². The van der Waals surface area contributed by atoms with Gasteiger partial charge in [-0.25, -0.2) is 9.97 Å². The summed E-state index contributed by atoms with van der Waals surface area (Å²) in [7, 11) is 0. The van der Waals surface area contributed by atoms with Crippen molar-refractivity contribution in [2.75, 3.05) is 11.9 Å². The Morgan fingerprint density at radius 1 is 1.14 bits per heavy atom. The maximum absolute atomic E-state index is 13.2. The van der Waals surface area contributed by atoms with E-state index in [1.807, 2.05) is 36.4 Å². The normalized spacial score (nSPS) is 13.3. The molecule has 5 rings (SSSR count). The molecule has 4 heterocycles. The van der Waals surface area contributed by atoms with Gasteiger partial charge in [-0.3, -0.25) is 15.1 Å². The molecule has 1 aliphatic heterocycles. The highest BCUT2D eigenvalue weighted by atomic mass is 79.9. The van der Waals surface area contributed by atoms with Gasteiger partial charge in [-0.15, -0.1) is 0 Å². The molecule has 1 amide bonds. The summed E-state index contributed by atoms with van der Waals surface area (Å²) in [5.41, 5.74) is 3.93. The first-order chi connectivity index (χ1) is 14.2. The van der Waals surface area contributed by atoms with Crippen LogP contribution in [-0.2, 0) is 17.8 Å². The number of nitrogens with one attached hydrogen (secondary N) is 1. The van der Waals surface area contributed by atoms with E-state index in [9.17, 15) is 4.79 Å². The van der Waals surface area contributed by atoms with E-state index in [4.69, 9.17) is 9.72 Å². The molecular formula is C21H15BrN4O2S. The van der Waals surface area contributed by atoms with E-state index >= 15 is 0 Å². The lowest BCUT2D eigenvalue weighted by atomic mass is 10.0. The minimum Gasteiger partial charge on any atom is -0.375 e. The molecule has 0 saturated carbocycles. The lowest BCUT2D eigenvalue weighted by Crippen LogP contribution is -2.13. The highest BCUT2D eigenvalue weighted by Gasteiger charge is 2.19. The summed E-state index contributed by atoms with van der Waals surface area (Å²) in [6.07, 6.45) is 4.20. The minimum absolute atomic E-state index is 0.210. The Balaban J connectivity index is 1.57. The summed E-state index contributed by atoms with van der Waals surface area (Å²) < 4.78 is 6.36. The molecule has 0 spiro atoms. The Hall–Kier alpha value is -2.68. The van der Waals surface area contributed by atoms with Gasteiger partial charge >= 0.3 is 0 Å². The summed E-state index contributed by atoms with van der Waals surface area (Å²) >= 11 is 4.96. The molecule has 0 atom stereocenters. The van der Waals surface area contributed by atoms with E-state index in [0.29, 0.717) is 23.9 Å². The number of amides is 1. The van der Waals surface area contributed by atoms with Crippen molar-refractivity contribution in [3.05, 3.63) is 69.4 Å². The second kappa shape index (κ2) is 7.62. The van der Waals surface area contributed by atoms with Crippen molar-refractivity contribution in [1.82, 2.24) is 15.0 Å². The number of thiazole rings is 1. The maximum atomic E-state index is 13.2. The predicted octanol–water partition coefficient (Wildman–Crippen LogP) is 4.84. The summed E-state index contributed by atoms with van der Waals surface area (Å²) in [5, 5.41) is 4.33. The molecule has 1 aliphatic rings. The molecule has 0 bridgehead atoms. The fraction of sp³-hybridized carbons (Fsp3) is 0.143. The maximum Gasteiger partial charge on any atom is 0.258 e. The molecule has 0 aliphatic carbocycles. The number of pyridine rings is 2. The third-order valence-corrected chi connectivity index (χ3v) is 6.19. The second-order valence-corrected chi connectivity index (χ2v) is 8.60. The molecular weight excluding hydrogens is 452 g/mol. The average Bonchev–Trinajstić information content (AvgIpc) is 3.16. The first-order valence-corrected chi connectivity index (χ1v) is 10.7. The molecule has 6 nitrogen and oxygen atoms in total. The topological polar surface area (TPSA) is 77.0 Å². The van der Waals surface area contributed by atoms with E-state index in [-0.39, 0.29) is 5.91 Å². The van der Waals surface area contributed by atoms with E-state index in [1.54, 1.807) is 12.4 Å². The van der Waals surface area contributed by atoms with Crippen LogP contribution in [0.4, 0.5) is 5.13 Å². The lowest BCUT2D eigenvalue weighted by molar-refractivity contribution is 0.102. The minimum atomic E-state index is -0.210. The molecule has 8 heteroatoms. The fourth-order valence-electron chi connectivity index (χ4n) is 3.30. The van der Waals surface area contributed by atoms with Gasteiger partial charge in [0.25, 0.3) is 5.91 Å². The number of rotatable bonds is 3. The van der Waals surface area contributed by atoms with Crippen LogP contribution in [-0.4, -0.2) is 27.5 Å². The Labute approximate surface area is 179 Å². The molecule has 0 fully saturated rings. The first kappa shape index (κ1) is 18.4. The number of hydrogen-bond acceptors (Lipinski definition) is 6. The number of ether oxygens (including phenoxy) is 1. The molecule has 0 radical (unpaired) electrons. The van der Waals surface area contributed by atoms with Crippen LogP contribution in [0.15, 0.2) is 53.3 Å².